The lowest BCUT2D eigenvalue weighted by Crippen LogP contribution is -2.15. The fraction of sp³-hybridized carbons (Fsp3) is 0.111. The molecule has 0 aliphatic carbocycles. The van der Waals surface area contributed by atoms with Gasteiger partial charge in [0.25, 0.3) is 5.89 Å². The number of hydrogen-bond donors (Lipinski definition) is 1. The van der Waals surface area contributed by atoms with E-state index in [4.69, 9.17) is 15.0 Å². The Morgan fingerprint density at radius 1 is 0.964 bits per heavy atom. The number of nitrogens with zero attached hydrogens (tertiary/aromatic N) is 7. The Balaban J connectivity index is 1.71. The Bertz CT molecular complexity index is 1100. The van der Waals surface area contributed by atoms with Crippen molar-refractivity contribution in [3.8, 4) is 29.0 Å². The van der Waals surface area contributed by atoms with Gasteiger partial charge in [-0.1, -0.05) is 23.4 Å². The van der Waals surface area contributed by atoms with Crippen molar-refractivity contribution in [2.24, 2.45) is 0 Å². The molecule has 0 radical (unpaired) electrons. The maximum absolute atomic E-state index is 5.87. The Morgan fingerprint density at radius 2 is 1.79 bits per heavy atom. The predicted octanol–water partition coefficient (Wildman–Crippen LogP) is 2.34. The average Bonchev–Trinajstić information content (AvgIpc) is 3.23. The van der Waals surface area contributed by atoms with Crippen LogP contribution in [0.2, 0.25) is 0 Å². The molecule has 0 amide bonds. The third kappa shape index (κ3) is 3.30. The first kappa shape index (κ1) is 17.3. The summed E-state index contributed by atoms with van der Waals surface area (Å²) in [6.45, 7) is 0. The van der Waals surface area contributed by atoms with Crippen molar-refractivity contribution in [2.45, 2.75) is 0 Å². The monoisotopic (exact) mass is 376 g/mol. The van der Waals surface area contributed by atoms with Gasteiger partial charge >= 0.3 is 0 Å². The molecule has 0 bridgehead atoms. The van der Waals surface area contributed by atoms with E-state index in [0.717, 1.165) is 5.69 Å². The standard InChI is InChI=1S/C18H16N8O2/c1-26(11-7-4-3-5-8-11)18-23-13(22-17(19)24-18)14-21-16(28-25-14)12-9-6-10-20-15(12)27-2/h3-10H,1-2H3,(H2,19,22,23,24). The number of aromatic nitrogens is 6. The lowest BCUT2D eigenvalue weighted by Gasteiger charge is -2.17. The normalized spacial score (nSPS) is 10.6. The third-order valence-corrected chi connectivity index (χ3v) is 3.91. The number of methoxy groups -OCH3 is 1. The van der Waals surface area contributed by atoms with E-state index in [1.807, 2.05) is 37.4 Å². The molecule has 0 aliphatic heterocycles. The van der Waals surface area contributed by atoms with Gasteiger partial charge in [0, 0.05) is 18.9 Å². The lowest BCUT2D eigenvalue weighted by atomic mass is 10.3. The maximum atomic E-state index is 5.87. The zero-order valence-electron chi connectivity index (χ0n) is 15.1. The Hall–Kier alpha value is -4.08. The molecule has 140 valence electrons. The van der Waals surface area contributed by atoms with Crippen molar-refractivity contribution in [3.05, 3.63) is 48.7 Å². The molecule has 0 aliphatic rings. The van der Waals surface area contributed by atoms with E-state index < -0.39 is 0 Å². The van der Waals surface area contributed by atoms with Gasteiger partial charge in [-0.3, -0.25) is 0 Å². The Kier molecular flexibility index (Phi) is 4.50. The van der Waals surface area contributed by atoms with Crippen molar-refractivity contribution in [3.63, 3.8) is 0 Å². The molecule has 3 heterocycles. The molecular weight excluding hydrogens is 360 g/mol. The van der Waals surface area contributed by atoms with E-state index in [9.17, 15) is 0 Å². The molecule has 10 nitrogen and oxygen atoms in total. The van der Waals surface area contributed by atoms with Gasteiger partial charge in [0.05, 0.1) is 7.11 Å². The number of benzene rings is 1. The number of para-hydroxylation sites is 1. The summed E-state index contributed by atoms with van der Waals surface area (Å²) in [4.78, 5) is 23.0. The third-order valence-electron chi connectivity index (χ3n) is 3.91. The summed E-state index contributed by atoms with van der Waals surface area (Å²) in [7, 11) is 3.34. The minimum atomic E-state index is 0.0492. The number of pyridine rings is 1. The van der Waals surface area contributed by atoms with E-state index in [0.29, 0.717) is 17.4 Å². The van der Waals surface area contributed by atoms with Crippen LogP contribution >= 0.6 is 0 Å². The smallest absolute Gasteiger partial charge is 0.263 e. The summed E-state index contributed by atoms with van der Waals surface area (Å²) in [5.41, 5.74) is 7.33. The molecule has 10 heteroatoms. The van der Waals surface area contributed by atoms with Crippen molar-refractivity contribution < 1.29 is 9.26 Å². The number of nitrogens with two attached hydrogens (primary N) is 1. The van der Waals surface area contributed by atoms with E-state index in [-0.39, 0.29) is 23.5 Å². The molecule has 3 aromatic heterocycles. The number of rotatable bonds is 5. The first-order valence-corrected chi connectivity index (χ1v) is 8.29. The zero-order chi connectivity index (χ0) is 19.5. The second kappa shape index (κ2) is 7.27. The van der Waals surface area contributed by atoms with E-state index in [1.165, 1.54) is 7.11 Å². The maximum Gasteiger partial charge on any atom is 0.263 e. The molecule has 4 rings (SSSR count). The number of nitrogen functional groups attached to an aromatic ring is 1. The van der Waals surface area contributed by atoms with Crippen LogP contribution in [0.1, 0.15) is 0 Å². The Morgan fingerprint density at radius 3 is 2.57 bits per heavy atom. The van der Waals surface area contributed by atoms with Crippen molar-refractivity contribution in [1.29, 1.82) is 0 Å². The van der Waals surface area contributed by atoms with Crippen LogP contribution in [-0.2, 0) is 0 Å². The molecule has 4 aromatic rings. The highest BCUT2D eigenvalue weighted by molar-refractivity contribution is 5.63. The number of ether oxygens (including phenoxy) is 1. The summed E-state index contributed by atoms with van der Waals surface area (Å²) < 4.78 is 10.6. The summed E-state index contributed by atoms with van der Waals surface area (Å²) in [6, 6.07) is 13.1. The van der Waals surface area contributed by atoms with Crippen LogP contribution in [0.15, 0.2) is 53.2 Å². The van der Waals surface area contributed by atoms with Gasteiger partial charge in [-0.15, -0.1) is 0 Å². The summed E-state index contributed by atoms with van der Waals surface area (Å²) >= 11 is 0. The molecule has 0 spiro atoms. The van der Waals surface area contributed by atoms with Crippen molar-refractivity contribution in [1.82, 2.24) is 30.1 Å². The molecule has 0 fully saturated rings. The van der Waals surface area contributed by atoms with Gasteiger partial charge in [0.2, 0.25) is 29.4 Å². The predicted molar refractivity (Wildman–Crippen MR) is 102 cm³/mol. The van der Waals surface area contributed by atoms with Crippen LogP contribution in [0.4, 0.5) is 17.6 Å². The fourth-order valence-corrected chi connectivity index (χ4v) is 2.54. The van der Waals surface area contributed by atoms with Crippen LogP contribution < -0.4 is 15.4 Å². The van der Waals surface area contributed by atoms with Crippen LogP contribution in [0.3, 0.4) is 0 Å². The van der Waals surface area contributed by atoms with Gasteiger partial charge in [0.15, 0.2) is 0 Å². The molecule has 0 saturated carbocycles. The van der Waals surface area contributed by atoms with Crippen LogP contribution in [-0.4, -0.2) is 44.2 Å². The highest BCUT2D eigenvalue weighted by Crippen LogP contribution is 2.28. The minimum absolute atomic E-state index is 0.0492. The van der Waals surface area contributed by atoms with Gasteiger partial charge in [-0.2, -0.15) is 19.9 Å². The molecular formula is C18H16N8O2. The topological polar surface area (TPSA) is 129 Å². The molecule has 0 atom stereocenters. The quantitative estimate of drug-likeness (QED) is 0.554. The van der Waals surface area contributed by atoms with Crippen molar-refractivity contribution in [2.75, 3.05) is 24.8 Å². The van der Waals surface area contributed by atoms with Crippen LogP contribution in [0.5, 0.6) is 5.88 Å². The molecule has 0 unspecified atom stereocenters. The van der Waals surface area contributed by atoms with E-state index >= 15 is 0 Å². The van der Waals surface area contributed by atoms with Crippen LogP contribution in [0.25, 0.3) is 23.1 Å². The average molecular weight is 376 g/mol. The first-order valence-electron chi connectivity index (χ1n) is 8.29. The summed E-state index contributed by atoms with van der Waals surface area (Å²) in [5, 5.41) is 3.96. The number of hydrogen-bond acceptors (Lipinski definition) is 10. The highest BCUT2D eigenvalue weighted by atomic mass is 16.5. The highest BCUT2D eigenvalue weighted by Gasteiger charge is 2.19. The molecule has 1 aromatic carbocycles. The molecule has 28 heavy (non-hydrogen) atoms. The largest absolute Gasteiger partial charge is 0.480 e. The SMILES string of the molecule is COc1ncccc1-c1nc(-c2nc(N)nc(N(C)c3ccccc3)n2)no1. The minimum Gasteiger partial charge on any atom is -0.480 e. The van der Waals surface area contributed by atoms with Gasteiger partial charge in [-0.05, 0) is 24.3 Å². The summed E-state index contributed by atoms with van der Waals surface area (Å²) in [5.74, 6) is 1.39. The first-order chi connectivity index (χ1) is 13.7. The zero-order valence-corrected chi connectivity index (χ0v) is 15.1. The van der Waals surface area contributed by atoms with E-state index in [2.05, 4.69) is 30.1 Å². The van der Waals surface area contributed by atoms with Gasteiger partial charge in [-0.25, -0.2) is 4.98 Å². The van der Waals surface area contributed by atoms with Crippen LogP contribution in [0, 0.1) is 0 Å². The van der Waals surface area contributed by atoms with E-state index in [1.54, 1.807) is 23.2 Å². The molecule has 0 saturated heterocycles. The second-order valence-corrected chi connectivity index (χ2v) is 5.70. The second-order valence-electron chi connectivity index (χ2n) is 5.70. The fourth-order valence-electron chi connectivity index (χ4n) is 2.54. The number of anilines is 3. The van der Waals surface area contributed by atoms with Gasteiger partial charge in [0.1, 0.15) is 5.56 Å². The summed E-state index contributed by atoms with van der Waals surface area (Å²) in [6.07, 6.45) is 1.61. The molecule has 2 N–H and O–H groups in total. The Labute approximate surface area is 160 Å². The van der Waals surface area contributed by atoms with Crippen molar-refractivity contribution >= 4 is 17.6 Å². The van der Waals surface area contributed by atoms with Gasteiger partial charge < -0.3 is 19.9 Å². The lowest BCUT2D eigenvalue weighted by molar-refractivity contribution is 0.392.